The van der Waals surface area contributed by atoms with Crippen LogP contribution < -0.4 is 0 Å². The van der Waals surface area contributed by atoms with Crippen molar-refractivity contribution in [2.75, 3.05) is 0 Å². The van der Waals surface area contributed by atoms with E-state index >= 15 is 0 Å². The van der Waals surface area contributed by atoms with Gasteiger partial charge in [0.1, 0.15) is 0 Å². The van der Waals surface area contributed by atoms with Crippen molar-refractivity contribution in [2.45, 2.75) is 64.7 Å². The number of allylic oxidation sites excluding steroid dienone is 3. The molecule has 0 aromatic carbocycles. The second-order valence-corrected chi connectivity index (χ2v) is 3.99. The van der Waals surface area contributed by atoms with Gasteiger partial charge in [-0.3, -0.25) is 0 Å². The van der Waals surface area contributed by atoms with Gasteiger partial charge in [0.15, 0.2) is 0 Å². The van der Waals surface area contributed by atoms with Crippen LogP contribution in [0.5, 0.6) is 0 Å². The largest absolute Gasteiger partial charge is 0.516 e. The average molecular weight is 210 g/mol. The van der Waals surface area contributed by atoms with E-state index in [1.54, 1.807) is 0 Å². The molecule has 88 valence electrons. The van der Waals surface area contributed by atoms with Crippen LogP contribution in [-0.2, 0) is 0 Å². The topological polar surface area (TPSA) is 20.2 Å². The lowest BCUT2D eigenvalue weighted by Gasteiger charge is -1.96. The molecule has 0 aliphatic carbocycles. The van der Waals surface area contributed by atoms with Crippen molar-refractivity contribution in [3.63, 3.8) is 0 Å². The fraction of sp³-hybridized carbons (Fsp3) is 0.714. The van der Waals surface area contributed by atoms with Gasteiger partial charge in [-0.05, 0) is 32.1 Å². The Morgan fingerprint density at radius 3 is 1.80 bits per heavy atom. The van der Waals surface area contributed by atoms with Gasteiger partial charge >= 0.3 is 0 Å². The Hall–Kier alpha value is -0.720. The molecule has 0 fully saturated rings. The molecule has 0 aromatic heterocycles. The van der Waals surface area contributed by atoms with E-state index in [-0.39, 0.29) is 0 Å². The van der Waals surface area contributed by atoms with Gasteiger partial charge in [-0.1, -0.05) is 50.8 Å². The molecule has 0 bridgehead atoms. The van der Waals surface area contributed by atoms with E-state index < -0.39 is 0 Å². The molecule has 15 heavy (non-hydrogen) atoms. The van der Waals surface area contributed by atoms with Gasteiger partial charge < -0.3 is 5.11 Å². The first-order valence-corrected chi connectivity index (χ1v) is 6.36. The van der Waals surface area contributed by atoms with Crippen LogP contribution in [0.25, 0.3) is 0 Å². The molecule has 0 aliphatic rings. The number of aliphatic hydroxyl groups excluding tert-OH is 1. The minimum atomic E-state index is 1.02. The van der Waals surface area contributed by atoms with Gasteiger partial charge in [0.2, 0.25) is 0 Å². The van der Waals surface area contributed by atoms with Crippen molar-refractivity contribution in [3.8, 4) is 0 Å². The smallest absolute Gasteiger partial charge is 0.0751 e. The summed E-state index contributed by atoms with van der Waals surface area (Å²) in [5, 5.41) is 8.42. The van der Waals surface area contributed by atoms with Crippen LogP contribution in [0.15, 0.2) is 24.5 Å². The Morgan fingerprint density at radius 1 is 0.733 bits per heavy atom. The summed E-state index contributed by atoms with van der Waals surface area (Å²) in [7, 11) is 0. The first kappa shape index (κ1) is 14.3. The lowest BCUT2D eigenvalue weighted by molar-refractivity contribution is 0.469. The molecule has 0 rings (SSSR count). The zero-order valence-electron chi connectivity index (χ0n) is 10.1. The van der Waals surface area contributed by atoms with Crippen LogP contribution in [0, 0.1) is 0 Å². The quantitative estimate of drug-likeness (QED) is 0.300. The Bertz CT molecular complexity index is 159. The lowest BCUT2D eigenvalue weighted by atomic mass is 10.1. The molecule has 0 radical (unpaired) electrons. The number of unbranched alkanes of at least 4 members (excludes halogenated alkanes) is 7. The molecule has 0 aliphatic heterocycles. The molecular formula is C14H26O. The van der Waals surface area contributed by atoms with E-state index in [4.69, 9.17) is 5.11 Å². The monoisotopic (exact) mass is 210 g/mol. The maximum absolute atomic E-state index is 8.42. The van der Waals surface area contributed by atoms with Crippen molar-refractivity contribution in [2.24, 2.45) is 0 Å². The van der Waals surface area contributed by atoms with Gasteiger partial charge in [-0.15, -0.1) is 0 Å². The predicted octanol–water partition coefficient (Wildman–Crippen LogP) is 5.15. The van der Waals surface area contributed by atoms with E-state index in [0.717, 1.165) is 12.7 Å². The SMILES string of the molecule is CCCCC=CCCCCCCC=CO. The van der Waals surface area contributed by atoms with Gasteiger partial charge in [0, 0.05) is 0 Å². The summed E-state index contributed by atoms with van der Waals surface area (Å²) < 4.78 is 0. The molecule has 0 unspecified atom stereocenters. The van der Waals surface area contributed by atoms with E-state index in [0.29, 0.717) is 0 Å². The maximum atomic E-state index is 8.42. The van der Waals surface area contributed by atoms with Crippen molar-refractivity contribution < 1.29 is 5.11 Å². The molecular weight excluding hydrogens is 184 g/mol. The molecule has 0 saturated carbocycles. The minimum absolute atomic E-state index is 1.02. The zero-order valence-corrected chi connectivity index (χ0v) is 10.1. The highest BCUT2D eigenvalue weighted by Gasteiger charge is 1.87. The van der Waals surface area contributed by atoms with Crippen LogP contribution in [0.1, 0.15) is 64.7 Å². The van der Waals surface area contributed by atoms with Gasteiger partial charge in [-0.2, -0.15) is 0 Å². The van der Waals surface area contributed by atoms with Crippen molar-refractivity contribution >= 4 is 0 Å². The number of hydrogen-bond donors (Lipinski definition) is 1. The van der Waals surface area contributed by atoms with Crippen LogP contribution in [0.4, 0.5) is 0 Å². The molecule has 0 saturated heterocycles. The Kier molecular flexibility index (Phi) is 12.6. The van der Waals surface area contributed by atoms with Gasteiger partial charge in [0.25, 0.3) is 0 Å². The Morgan fingerprint density at radius 2 is 1.27 bits per heavy atom. The second-order valence-electron chi connectivity index (χ2n) is 3.99. The van der Waals surface area contributed by atoms with E-state index in [1.165, 1.54) is 51.4 Å². The Balaban J connectivity index is 3.01. The zero-order chi connectivity index (χ0) is 11.2. The molecule has 0 spiro atoms. The van der Waals surface area contributed by atoms with Crippen molar-refractivity contribution in [1.82, 2.24) is 0 Å². The average Bonchev–Trinajstić information content (AvgIpc) is 2.26. The van der Waals surface area contributed by atoms with Crippen molar-refractivity contribution in [3.05, 3.63) is 24.5 Å². The van der Waals surface area contributed by atoms with E-state index in [9.17, 15) is 0 Å². The highest BCUT2D eigenvalue weighted by atomic mass is 16.2. The third kappa shape index (κ3) is 13.3. The summed E-state index contributed by atoms with van der Waals surface area (Å²) in [6.07, 6.45) is 18.8. The number of rotatable bonds is 10. The normalized spacial score (nSPS) is 11.8. The predicted molar refractivity (Wildman–Crippen MR) is 68.1 cm³/mol. The fourth-order valence-electron chi connectivity index (χ4n) is 1.51. The Labute approximate surface area is 94.9 Å². The van der Waals surface area contributed by atoms with Crippen LogP contribution in [-0.4, -0.2) is 5.11 Å². The first-order chi connectivity index (χ1) is 7.41. The lowest BCUT2D eigenvalue weighted by Crippen LogP contribution is -1.77. The van der Waals surface area contributed by atoms with Crippen molar-refractivity contribution in [1.29, 1.82) is 0 Å². The molecule has 0 atom stereocenters. The summed E-state index contributed by atoms with van der Waals surface area (Å²) in [6.45, 7) is 2.23. The van der Waals surface area contributed by atoms with Crippen LogP contribution >= 0.6 is 0 Å². The standard InChI is InChI=1S/C14H26O/c1-2-3-4-5-6-7-8-9-10-11-12-13-14-15/h5-6,13-15H,2-4,7-12H2,1H3. The highest BCUT2D eigenvalue weighted by molar-refractivity contribution is 4.81. The minimum Gasteiger partial charge on any atom is -0.516 e. The van der Waals surface area contributed by atoms with Gasteiger partial charge in [-0.25, -0.2) is 0 Å². The summed E-state index contributed by atoms with van der Waals surface area (Å²) in [5.74, 6) is 0. The molecule has 0 aromatic rings. The third-order valence-corrected chi connectivity index (χ3v) is 2.49. The molecule has 1 N–H and O–H groups in total. The molecule has 1 heteroatoms. The van der Waals surface area contributed by atoms with E-state index in [1.807, 2.05) is 6.08 Å². The van der Waals surface area contributed by atoms with Gasteiger partial charge in [0.05, 0.1) is 6.26 Å². The molecule has 0 heterocycles. The second kappa shape index (κ2) is 13.3. The summed E-state index contributed by atoms with van der Waals surface area (Å²) in [6, 6.07) is 0. The highest BCUT2D eigenvalue weighted by Crippen LogP contribution is 2.06. The summed E-state index contributed by atoms with van der Waals surface area (Å²) in [4.78, 5) is 0. The third-order valence-electron chi connectivity index (χ3n) is 2.49. The fourth-order valence-corrected chi connectivity index (χ4v) is 1.51. The van der Waals surface area contributed by atoms with E-state index in [2.05, 4.69) is 19.1 Å². The maximum Gasteiger partial charge on any atom is 0.0751 e. The van der Waals surface area contributed by atoms with Crippen LogP contribution in [0.3, 0.4) is 0 Å². The first-order valence-electron chi connectivity index (χ1n) is 6.36. The molecule has 1 nitrogen and oxygen atoms in total. The summed E-state index contributed by atoms with van der Waals surface area (Å²) >= 11 is 0. The molecule has 0 amide bonds. The number of aliphatic hydroxyl groups is 1. The summed E-state index contributed by atoms with van der Waals surface area (Å²) in [5.41, 5.74) is 0. The van der Waals surface area contributed by atoms with Crippen LogP contribution in [0.2, 0.25) is 0 Å². The number of hydrogen-bond acceptors (Lipinski definition) is 1.